The summed E-state index contributed by atoms with van der Waals surface area (Å²) in [6.07, 6.45) is 4.07. The number of nitrogens with zero attached hydrogens (tertiary/aromatic N) is 1. The van der Waals surface area contributed by atoms with Gasteiger partial charge >= 0.3 is 5.97 Å². The summed E-state index contributed by atoms with van der Waals surface area (Å²) >= 11 is 1.32. The van der Waals surface area contributed by atoms with E-state index in [4.69, 9.17) is 4.74 Å². The van der Waals surface area contributed by atoms with E-state index in [0.717, 1.165) is 39.3 Å². The van der Waals surface area contributed by atoms with Crippen molar-refractivity contribution in [3.63, 3.8) is 0 Å². The maximum atomic E-state index is 12.5. The minimum absolute atomic E-state index is 0.301. The number of carbonyl (C=O) groups excluding carboxylic acids is 3. The molecule has 0 saturated heterocycles. The molecule has 4 rings (SSSR count). The lowest BCUT2D eigenvalue weighted by Gasteiger charge is -2.17. The SMILES string of the molecule is COC(=O)c1c(N2C(=O)C=CC2=O)sc2c1-c1ccccc1CC2. The largest absolute Gasteiger partial charge is 0.465 e. The Labute approximate surface area is 142 Å². The van der Waals surface area contributed by atoms with Gasteiger partial charge in [-0.1, -0.05) is 24.3 Å². The fourth-order valence-electron chi connectivity index (χ4n) is 3.21. The molecule has 2 aliphatic rings. The normalized spacial score (nSPS) is 15.5. The van der Waals surface area contributed by atoms with Gasteiger partial charge in [-0.15, -0.1) is 11.3 Å². The molecule has 1 aliphatic heterocycles. The summed E-state index contributed by atoms with van der Waals surface area (Å²) in [4.78, 5) is 38.7. The fourth-order valence-corrected chi connectivity index (χ4v) is 4.52. The van der Waals surface area contributed by atoms with Gasteiger partial charge in [0.2, 0.25) is 0 Å². The van der Waals surface area contributed by atoms with Crippen molar-refractivity contribution in [2.24, 2.45) is 0 Å². The van der Waals surface area contributed by atoms with Gasteiger partial charge < -0.3 is 4.74 Å². The Morgan fingerprint density at radius 2 is 1.83 bits per heavy atom. The van der Waals surface area contributed by atoms with Crippen molar-refractivity contribution in [3.05, 3.63) is 52.4 Å². The molecule has 120 valence electrons. The number of thiophene rings is 1. The molecule has 2 aromatic rings. The average molecular weight is 339 g/mol. The Morgan fingerprint density at radius 1 is 1.12 bits per heavy atom. The van der Waals surface area contributed by atoms with Crippen LogP contribution in [0.2, 0.25) is 0 Å². The fraction of sp³-hybridized carbons (Fsp3) is 0.167. The van der Waals surface area contributed by atoms with E-state index in [1.165, 1.54) is 30.6 Å². The van der Waals surface area contributed by atoms with Gasteiger partial charge in [0.15, 0.2) is 0 Å². The molecule has 24 heavy (non-hydrogen) atoms. The molecule has 2 amide bonds. The highest BCUT2D eigenvalue weighted by Gasteiger charge is 2.36. The molecule has 0 radical (unpaired) electrons. The first-order chi connectivity index (χ1) is 11.6. The van der Waals surface area contributed by atoms with Crippen LogP contribution < -0.4 is 4.90 Å². The van der Waals surface area contributed by atoms with Gasteiger partial charge in [0.25, 0.3) is 11.8 Å². The molecule has 6 heteroatoms. The zero-order chi connectivity index (χ0) is 16.8. The predicted octanol–water partition coefficient (Wildman–Crippen LogP) is 2.73. The average Bonchev–Trinajstić information content (AvgIpc) is 3.14. The Bertz CT molecular complexity index is 907. The van der Waals surface area contributed by atoms with Crippen molar-refractivity contribution in [2.75, 3.05) is 12.0 Å². The summed E-state index contributed by atoms with van der Waals surface area (Å²) < 4.78 is 4.94. The lowest BCUT2D eigenvalue weighted by molar-refractivity contribution is -0.119. The summed E-state index contributed by atoms with van der Waals surface area (Å²) in [5.74, 6) is -1.40. The van der Waals surface area contributed by atoms with E-state index in [2.05, 4.69) is 0 Å². The van der Waals surface area contributed by atoms with E-state index in [1.54, 1.807) is 0 Å². The van der Waals surface area contributed by atoms with E-state index in [1.807, 2.05) is 24.3 Å². The van der Waals surface area contributed by atoms with Crippen LogP contribution in [0.1, 0.15) is 20.8 Å². The molecule has 0 atom stereocenters. The van der Waals surface area contributed by atoms with E-state index in [-0.39, 0.29) is 0 Å². The number of esters is 1. The highest BCUT2D eigenvalue weighted by molar-refractivity contribution is 7.17. The van der Waals surface area contributed by atoms with Gasteiger partial charge in [-0.2, -0.15) is 0 Å². The number of hydrogen-bond donors (Lipinski definition) is 0. The lowest BCUT2D eigenvalue weighted by Crippen LogP contribution is -2.30. The molecular formula is C18H13NO4S. The molecule has 0 bridgehead atoms. The molecule has 0 N–H and O–H groups in total. The first-order valence-electron chi connectivity index (χ1n) is 7.50. The van der Waals surface area contributed by atoms with Crippen molar-refractivity contribution in [1.29, 1.82) is 0 Å². The molecule has 0 spiro atoms. The lowest BCUT2D eigenvalue weighted by atomic mass is 9.88. The zero-order valence-electron chi connectivity index (χ0n) is 12.9. The van der Waals surface area contributed by atoms with Crippen LogP contribution in [-0.2, 0) is 27.2 Å². The van der Waals surface area contributed by atoms with Crippen molar-refractivity contribution >= 4 is 34.1 Å². The van der Waals surface area contributed by atoms with Crippen LogP contribution in [0.15, 0.2) is 36.4 Å². The van der Waals surface area contributed by atoms with Gasteiger partial charge in [0, 0.05) is 22.6 Å². The number of anilines is 1. The number of amides is 2. The molecular weight excluding hydrogens is 326 g/mol. The Hall–Kier alpha value is -2.73. The van der Waals surface area contributed by atoms with Crippen molar-refractivity contribution in [2.45, 2.75) is 12.8 Å². The Balaban J connectivity index is 1.98. The van der Waals surface area contributed by atoms with Gasteiger partial charge in [-0.25, -0.2) is 9.69 Å². The number of methoxy groups -OCH3 is 1. The van der Waals surface area contributed by atoms with Crippen LogP contribution in [-0.4, -0.2) is 24.9 Å². The number of carbonyl (C=O) groups is 3. The van der Waals surface area contributed by atoms with Crippen LogP contribution in [0.3, 0.4) is 0 Å². The first-order valence-corrected chi connectivity index (χ1v) is 8.32. The monoisotopic (exact) mass is 339 g/mol. The third-order valence-electron chi connectivity index (χ3n) is 4.27. The summed E-state index contributed by atoms with van der Waals surface area (Å²) in [5.41, 5.74) is 3.21. The maximum absolute atomic E-state index is 12.5. The number of fused-ring (bicyclic) bond motifs is 3. The van der Waals surface area contributed by atoms with Crippen LogP contribution in [0.4, 0.5) is 5.00 Å². The predicted molar refractivity (Wildman–Crippen MR) is 90.1 cm³/mol. The van der Waals surface area contributed by atoms with Gasteiger partial charge in [-0.3, -0.25) is 9.59 Å². The molecule has 0 saturated carbocycles. The molecule has 5 nitrogen and oxygen atoms in total. The van der Waals surface area contributed by atoms with Crippen LogP contribution in [0, 0.1) is 0 Å². The highest BCUT2D eigenvalue weighted by atomic mass is 32.1. The minimum Gasteiger partial charge on any atom is -0.465 e. The number of ether oxygens (including phenoxy) is 1. The topological polar surface area (TPSA) is 63.7 Å². The van der Waals surface area contributed by atoms with E-state index in [0.29, 0.717) is 10.6 Å². The van der Waals surface area contributed by atoms with Crippen molar-refractivity contribution in [1.82, 2.24) is 0 Å². The summed E-state index contributed by atoms with van der Waals surface area (Å²) in [5, 5.41) is 0.351. The van der Waals surface area contributed by atoms with Crippen LogP contribution in [0.25, 0.3) is 11.1 Å². The summed E-state index contributed by atoms with van der Waals surface area (Å²) in [6.45, 7) is 0. The smallest absolute Gasteiger partial charge is 0.341 e. The van der Waals surface area contributed by atoms with Gasteiger partial charge in [0.05, 0.1) is 7.11 Å². The Morgan fingerprint density at radius 3 is 2.54 bits per heavy atom. The number of rotatable bonds is 2. The van der Waals surface area contributed by atoms with E-state index >= 15 is 0 Å². The minimum atomic E-state index is -0.535. The third kappa shape index (κ3) is 2.03. The second-order valence-corrected chi connectivity index (χ2v) is 6.66. The van der Waals surface area contributed by atoms with Crippen molar-refractivity contribution in [3.8, 4) is 11.1 Å². The number of aryl methyl sites for hydroxylation is 2. The number of imide groups is 1. The van der Waals surface area contributed by atoms with Crippen LogP contribution in [0.5, 0.6) is 0 Å². The molecule has 1 aromatic carbocycles. The van der Waals surface area contributed by atoms with E-state index < -0.39 is 17.8 Å². The third-order valence-corrected chi connectivity index (χ3v) is 5.51. The van der Waals surface area contributed by atoms with Gasteiger partial charge in [-0.05, 0) is 24.0 Å². The molecule has 0 fully saturated rings. The molecule has 1 aromatic heterocycles. The molecule has 2 heterocycles. The first kappa shape index (κ1) is 14.8. The van der Waals surface area contributed by atoms with Crippen LogP contribution >= 0.6 is 11.3 Å². The maximum Gasteiger partial charge on any atom is 0.341 e. The number of hydrogen-bond acceptors (Lipinski definition) is 5. The van der Waals surface area contributed by atoms with Gasteiger partial charge in [0.1, 0.15) is 10.6 Å². The quantitative estimate of drug-likeness (QED) is 0.623. The number of benzene rings is 1. The Kier molecular flexibility index (Phi) is 3.35. The standard InChI is InChI=1S/C18H13NO4S/c1-23-18(22)16-15-11-5-3-2-4-10(11)6-7-12(15)24-17(16)19-13(20)8-9-14(19)21/h2-5,8-9H,6-7H2,1H3. The molecule has 1 aliphatic carbocycles. The second-order valence-electron chi connectivity index (χ2n) is 5.57. The summed E-state index contributed by atoms with van der Waals surface area (Å²) in [6, 6.07) is 7.87. The van der Waals surface area contributed by atoms with Crippen molar-refractivity contribution < 1.29 is 19.1 Å². The van der Waals surface area contributed by atoms with E-state index in [9.17, 15) is 14.4 Å². The molecule has 0 unspecified atom stereocenters. The second kappa shape index (κ2) is 5.42. The zero-order valence-corrected chi connectivity index (χ0v) is 13.7. The highest BCUT2D eigenvalue weighted by Crippen LogP contribution is 2.47. The summed E-state index contributed by atoms with van der Waals surface area (Å²) in [7, 11) is 1.30.